The Hall–Kier alpha value is -6.96. The Balaban J connectivity index is 0.833. The summed E-state index contributed by atoms with van der Waals surface area (Å²) in [5, 5.41) is 66.6. The Morgan fingerprint density at radius 2 is 1.54 bits per heavy atom. The molecule has 3 atom stereocenters. The molecule has 380 valence electrons. The van der Waals surface area contributed by atoms with Crippen molar-refractivity contribution in [3.05, 3.63) is 102 Å². The van der Waals surface area contributed by atoms with Crippen LogP contribution in [0, 0.1) is 11.8 Å². The second-order valence-electron chi connectivity index (χ2n) is 20.0. The first kappa shape index (κ1) is 51.4. The summed E-state index contributed by atoms with van der Waals surface area (Å²) in [5.41, 5.74) is 4.11. The number of amides is 3. The van der Waals surface area contributed by atoms with Gasteiger partial charge in [-0.15, -0.1) is 5.10 Å². The Morgan fingerprint density at radius 1 is 0.806 bits per heavy atom. The molecule has 19 heteroatoms. The molecule has 0 unspecified atom stereocenters. The zero-order valence-corrected chi connectivity index (χ0v) is 41.6. The molecule has 0 aliphatic carbocycles. The van der Waals surface area contributed by atoms with Gasteiger partial charge < -0.3 is 55.1 Å². The minimum Gasteiger partial charge on any atom is -0.508 e. The number of ether oxygens (including phenoxy) is 1. The van der Waals surface area contributed by atoms with Crippen LogP contribution in [0.5, 0.6) is 17.5 Å². The van der Waals surface area contributed by atoms with E-state index in [1.165, 1.54) is 23.6 Å². The van der Waals surface area contributed by atoms with Crippen molar-refractivity contribution in [2.24, 2.45) is 11.8 Å². The predicted octanol–water partition coefficient (Wildman–Crippen LogP) is 6.62. The molecule has 7 N–H and O–H groups in total. The van der Waals surface area contributed by atoms with Crippen LogP contribution in [0.15, 0.2) is 91.1 Å². The number of phenolic OH excluding ortho intramolecular Hbond substituents is 2. The molecular formula is C53H66BN9O9. The van der Waals surface area contributed by atoms with Crippen molar-refractivity contribution < 1.29 is 44.5 Å². The van der Waals surface area contributed by atoms with E-state index in [2.05, 4.69) is 41.5 Å². The Bertz CT molecular complexity index is 2840. The molecular weight excluding hydrogens is 917 g/mol. The molecule has 0 saturated carbocycles. The van der Waals surface area contributed by atoms with E-state index in [1.807, 2.05) is 82.3 Å². The summed E-state index contributed by atoms with van der Waals surface area (Å²) in [7, 11) is -1.85. The fourth-order valence-electron chi connectivity index (χ4n) is 10.1. The van der Waals surface area contributed by atoms with Gasteiger partial charge in [-0.2, -0.15) is 0 Å². The van der Waals surface area contributed by atoms with Gasteiger partial charge in [0.05, 0.1) is 22.9 Å². The van der Waals surface area contributed by atoms with Crippen LogP contribution in [0.2, 0.25) is 0 Å². The van der Waals surface area contributed by atoms with E-state index in [4.69, 9.17) is 4.74 Å². The van der Waals surface area contributed by atoms with Crippen LogP contribution in [0.3, 0.4) is 0 Å². The van der Waals surface area contributed by atoms with Crippen LogP contribution in [-0.2, 0) is 16.1 Å². The van der Waals surface area contributed by atoms with Crippen LogP contribution in [0.4, 0.5) is 4.79 Å². The van der Waals surface area contributed by atoms with Crippen molar-refractivity contribution in [2.45, 2.75) is 110 Å². The third-order valence-corrected chi connectivity index (χ3v) is 14.1. The maximum absolute atomic E-state index is 13.8. The van der Waals surface area contributed by atoms with Gasteiger partial charge in [0.25, 0.3) is 5.91 Å². The number of aryl methyl sites for hydroxylation is 1. The highest BCUT2D eigenvalue weighted by Gasteiger charge is 2.37. The van der Waals surface area contributed by atoms with Gasteiger partial charge in [-0.3, -0.25) is 9.59 Å². The number of likely N-dealkylation sites (tertiary alicyclic amines) is 2. The zero-order chi connectivity index (χ0) is 51.2. The topological polar surface area (TPSA) is 241 Å². The lowest BCUT2D eigenvalue weighted by molar-refractivity contribution is -0.126. The summed E-state index contributed by atoms with van der Waals surface area (Å²) >= 11 is 0. The van der Waals surface area contributed by atoms with E-state index >= 15 is 0 Å². The van der Waals surface area contributed by atoms with Crippen LogP contribution in [-0.4, -0.2) is 135 Å². The smallest absolute Gasteiger partial charge is 0.475 e. The lowest BCUT2D eigenvalue weighted by Crippen LogP contribution is -2.58. The molecule has 5 heterocycles. The molecule has 6 aromatic rings. The van der Waals surface area contributed by atoms with E-state index in [0.717, 1.165) is 68.2 Å². The number of carbonyl (C=O) groups excluding carboxylic acids is 3. The fraction of sp³-hybridized carbons (Fsp3) is 0.434. The molecule has 2 aliphatic heterocycles. The maximum atomic E-state index is 13.8. The Morgan fingerprint density at radius 3 is 2.24 bits per heavy atom. The van der Waals surface area contributed by atoms with Gasteiger partial charge in [0.2, 0.25) is 5.91 Å². The summed E-state index contributed by atoms with van der Waals surface area (Å²) in [5.74, 6) is -1.77. The molecule has 0 spiro atoms. The quantitative estimate of drug-likeness (QED) is 0.0476. The number of hydrogen-bond donors (Lipinski definition) is 7. The van der Waals surface area contributed by atoms with Crippen LogP contribution in [0.1, 0.15) is 95.1 Å². The zero-order valence-electron chi connectivity index (χ0n) is 41.6. The number of rotatable bonds is 17. The number of nitrogens with one attached hydrogen (secondary N) is 2. The molecule has 18 nitrogen and oxygen atoms in total. The number of aromatic hydroxyl groups is 3. The first-order valence-corrected chi connectivity index (χ1v) is 25.0. The van der Waals surface area contributed by atoms with Crippen LogP contribution >= 0.6 is 0 Å². The number of carbonyl (C=O) groups is 3. The average Bonchev–Trinajstić information content (AvgIpc) is 3.96. The number of pyridine rings is 1. The van der Waals surface area contributed by atoms with Gasteiger partial charge in [-0.05, 0) is 124 Å². The molecule has 3 aromatic carbocycles. The summed E-state index contributed by atoms with van der Waals surface area (Å²) in [6.45, 7) is 12.9. The summed E-state index contributed by atoms with van der Waals surface area (Å²) in [6, 6.07) is 23.9. The normalized spacial score (nSPS) is 16.2. The molecule has 2 saturated heterocycles. The van der Waals surface area contributed by atoms with E-state index < -0.39 is 43.1 Å². The first-order chi connectivity index (χ1) is 34.5. The number of fused-ring (bicyclic) bond motifs is 1. The van der Waals surface area contributed by atoms with Crippen molar-refractivity contribution in [1.82, 2.24) is 44.7 Å². The number of hydrogen-bond acceptors (Lipinski definition) is 13. The highest BCUT2D eigenvalue weighted by molar-refractivity contribution is 6.43. The number of aromatic nitrogens is 5. The molecule has 2 fully saturated rings. The molecule has 72 heavy (non-hydrogen) atoms. The Labute approximate surface area is 419 Å². The molecule has 0 radical (unpaired) electrons. The number of benzene rings is 3. The van der Waals surface area contributed by atoms with Gasteiger partial charge in [-0.1, -0.05) is 69.2 Å². The highest BCUT2D eigenvalue weighted by Crippen LogP contribution is 2.39. The first-order valence-electron chi connectivity index (χ1n) is 25.0. The average molecular weight is 984 g/mol. The summed E-state index contributed by atoms with van der Waals surface area (Å²) in [6.07, 6.45) is 5.31. The molecule has 3 amide bonds. The van der Waals surface area contributed by atoms with Crippen molar-refractivity contribution in [1.29, 1.82) is 0 Å². The fourth-order valence-corrected chi connectivity index (χ4v) is 10.1. The second kappa shape index (κ2) is 22.6. The molecule has 3 aromatic heterocycles. The number of nitrogens with zero attached hydrogens (tertiary/aromatic N) is 7. The summed E-state index contributed by atoms with van der Waals surface area (Å²) < 4.78 is 9.63. The van der Waals surface area contributed by atoms with Gasteiger partial charge in [-0.25, -0.2) is 14.3 Å². The molecule has 8 rings (SSSR count). The van der Waals surface area contributed by atoms with Crippen molar-refractivity contribution in [2.75, 3.05) is 26.2 Å². The number of piperidine rings is 2. The monoisotopic (exact) mass is 984 g/mol. The standard InChI is InChI=1S/C53H66BN9O9/c1-32(2)28-47(54(70)71)56-51(67)48(57-50(66)43-13-9-12-42(55-43)36-10-7-6-8-11-36)34(5)72-53(69)62-26-20-38(21-27-62)60-22-16-35(17-23-60)18-24-61-25-19-37-29-39(14-15-44(37)61)63-49(58-59-52(63)68)41-30-40(33(3)4)45(64)31-46(41)65/h6-15,19,25,29-35,38,47-48,64-65,70-71H,16-18,20-24,26-28H2,1-5H3,(H,56,67)(H,57,66)(H,59,68)/t34-,47+,48+/m1/s1. The minimum atomic E-state index is -1.85. The lowest BCUT2D eigenvalue weighted by atomic mass is 9.75. The molecule has 0 bridgehead atoms. The largest absolute Gasteiger partial charge is 0.508 e. The van der Waals surface area contributed by atoms with E-state index in [1.54, 1.807) is 23.1 Å². The third kappa shape index (κ3) is 11.9. The SMILES string of the molecule is CC(C)C[C@H](NC(=O)[C@@H](NC(=O)c1cccc(-c2ccccc2)n1)[C@@H](C)OC(=O)N1CCC(N2CCC(CCn3ccc4cc(-n5c(O)nnc5-c5cc(C(C)C)c(O)cc5O)ccc43)CC2)CC1)B(O)O. The van der Waals surface area contributed by atoms with Gasteiger partial charge in [0.1, 0.15) is 29.3 Å². The van der Waals surface area contributed by atoms with Crippen molar-refractivity contribution in [3.63, 3.8) is 0 Å². The van der Waals surface area contributed by atoms with Gasteiger partial charge in [0, 0.05) is 54.4 Å². The van der Waals surface area contributed by atoms with Crippen LogP contribution < -0.4 is 10.6 Å². The van der Waals surface area contributed by atoms with E-state index in [0.29, 0.717) is 47.6 Å². The predicted molar refractivity (Wildman–Crippen MR) is 273 cm³/mol. The number of phenols is 2. The highest BCUT2D eigenvalue weighted by atomic mass is 16.6. The Kier molecular flexibility index (Phi) is 16.2. The summed E-state index contributed by atoms with van der Waals surface area (Å²) in [4.78, 5) is 49.9. The van der Waals surface area contributed by atoms with Gasteiger partial charge >= 0.3 is 19.2 Å². The van der Waals surface area contributed by atoms with E-state index in [9.17, 15) is 39.8 Å². The third-order valence-electron chi connectivity index (χ3n) is 14.1. The maximum Gasteiger partial charge on any atom is 0.475 e. The van der Waals surface area contributed by atoms with Crippen molar-refractivity contribution in [3.8, 4) is 45.8 Å². The van der Waals surface area contributed by atoms with E-state index in [-0.39, 0.29) is 47.3 Å². The van der Waals surface area contributed by atoms with Crippen molar-refractivity contribution >= 4 is 35.9 Å². The minimum absolute atomic E-state index is 0.0112. The van der Waals surface area contributed by atoms with Gasteiger partial charge in [0.15, 0.2) is 5.82 Å². The second-order valence-corrected chi connectivity index (χ2v) is 20.0. The molecule has 2 aliphatic rings. The van der Waals surface area contributed by atoms with Crippen LogP contribution in [0.25, 0.3) is 39.2 Å². The lowest BCUT2D eigenvalue weighted by Gasteiger charge is -2.41.